The summed E-state index contributed by atoms with van der Waals surface area (Å²) >= 11 is 0. The van der Waals surface area contributed by atoms with E-state index in [1.54, 1.807) is 0 Å². The number of hydrogen-bond donors (Lipinski definition) is 1. The molecule has 0 aromatic heterocycles. The molecule has 0 bridgehead atoms. The molecule has 1 aliphatic carbocycles. The zero-order valence-corrected chi connectivity index (χ0v) is 11.5. The fourth-order valence-electron chi connectivity index (χ4n) is 2.62. The van der Waals surface area contributed by atoms with Gasteiger partial charge in [-0.05, 0) is 36.3 Å². The second kappa shape index (κ2) is 5.88. The summed E-state index contributed by atoms with van der Waals surface area (Å²) in [6.07, 6.45) is 2.83. The highest BCUT2D eigenvalue weighted by atomic mass is 16.1. The number of hydrogen-bond acceptors (Lipinski definition) is 2. The molecule has 0 spiro atoms. The van der Waals surface area contributed by atoms with E-state index in [2.05, 4.69) is 29.6 Å². The van der Waals surface area contributed by atoms with Gasteiger partial charge in [0.25, 0.3) is 0 Å². The number of nitrogens with one attached hydrogen (secondary N) is 1. The van der Waals surface area contributed by atoms with Gasteiger partial charge in [-0.25, -0.2) is 0 Å². The van der Waals surface area contributed by atoms with Gasteiger partial charge in [-0.3, -0.25) is 4.79 Å². The van der Waals surface area contributed by atoms with Crippen LogP contribution in [0.1, 0.15) is 31.4 Å². The van der Waals surface area contributed by atoms with Crippen molar-refractivity contribution in [2.24, 2.45) is 11.8 Å². The Balaban J connectivity index is 1.99. The first-order chi connectivity index (χ1) is 9.11. The number of carbonyl (C=O) groups is 1. The first-order valence-corrected chi connectivity index (χ1v) is 6.88. The first-order valence-electron chi connectivity index (χ1n) is 6.88. The third-order valence-electron chi connectivity index (χ3n) is 3.78. The minimum Gasteiger partial charge on any atom is -0.352 e. The molecule has 0 saturated carbocycles. The maximum atomic E-state index is 12.1. The number of benzene rings is 1. The van der Waals surface area contributed by atoms with Crippen molar-refractivity contribution in [3.8, 4) is 6.07 Å². The second-order valence-electron chi connectivity index (χ2n) is 5.57. The van der Waals surface area contributed by atoms with Gasteiger partial charge < -0.3 is 5.32 Å². The molecular weight excluding hydrogens is 236 g/mol. The van der Waals surface area contributed by atoms with Gasteiger partial charge >= 0.3 is 0 Å². The topological polar surface area (TPSA) is 52.9 Å². The Morgan fingerprint density at radius 1 is 1.37 bits per heavy atom. The van der Waals surface area contributed by atoms with Crippen LogP contribution in [0.25, 0.3) is 0 Å². The Morgan fingerprint density at radius 2 is 2.05 bits per heavy atom. The van der Waals surface area contributed by atoms with Gasteiger partial charge in [0.05, 0.1) is 6.07 Å². The lowest BCUT2D eigenvalue weighted by molar-refractivity contribution is -0.125. The van der Waals surface area contributed by atoms with Crippen molar-refractivity contribution in [2.75, 3.05) is 0 Å². The van der Waals surface area contributed by atoms with E-state index < -0.39 is 5.92 Å². The number of fused-ring (bicyclic) bond motifs is 1. The third kappa shape index (κ3) is 3.14. The highest BCUT2D eigenvalue weighted by Crippen LogP contribution is 2.21. The summed E-state index contributed by atoms with van der Waals surface area (Å²) in [4.78, 5) is 12.1. The number of nitriles is 1. The molecule has 2 unspecified atom stereocenters. The summed E-state index contributed by atoms with van der Waals surface area (Å²) in [5, 5.41) is 12.1. The molecule has 0 heterocycles. The molecule has 1 aliphatic rings. The Hall–Kier alpha value is -1.82. The van der Waals surface area contributed by atoms with E-state index in [9.17, 15) is 4.79 Å². The molecule has 2 atom stereocenters. The molecule has 0 fully saturated rings. The van der Waals surface area contributed by atoms with Crippen LogP contribution >= 0.6 is 0 Å². The molecule has 0 saturated heterocycles. The summed E-state index contributed by atoms with van der Waals surface area (Å²) in [6.45, 7) is 3.81. The predicted octanol–water partition coefficient (Wildman–Crippen LogP) is 2.46. The highest BCUT2D eigenvalue weighted by Gasteiger charge is 2.26. The van der Waals surface area contributed by atoms with Gasteiger partial charge in [-0.2, -0.15) is 5.26 Å². The molecular formula is C16H20N2O. The molecule has 1 aromatic rings. The fraction of sp³-hybridized carbons (Fsp3) is 0.500. The van der Waals surface area contributed by atoms with E-state index in [1.165, 1.54) is 11.1 Å². The molecule has 19 heavy (non-hydrogen) atoms. The van der Waals surface area contributed by atoms with Gasteiger partial charge in [0.15, 0.2) is 0 Å². The Bertz CT molecular complexity index is 502. The molecule has 2 rings (SSSR count). The third-order valence-corrected chi connectivity index (χ3v) is 3.78. The van der Waals surface area contributed by atoms with Crippen molar-refractivity contribution in [1.82, 2.24) is 5.32 Å². The van der Waals surface area contributed by atoms with Crippen molar-refractivity contribution in [2.45, 2.75) is 39.2 Å². The van der Waals surface area contributed by atoms with E-state index in [1.807, 2.05) is 19.9 Å². The molecule has 100 valence electrons. The summed E-state index contributed by atoms with van der Waals surface area (Å²) in [5.41, 5.74) is 2.70. The van der Waals surface area contributed by atoms with Gasteiger partial charge in [0.1, 0.15) is 5.92 Å². The fourth-order valence-corrected chi connectivity index (χ4v) is 2.62. The van der Waals surface area contributed by atoms with E-state index in [0.717, 1.165) is 19.3 Å². The number of aryl methyl sites for hydroxylation is 1. The lowest BCUT2D eigenvalue weighted by Gasteiger charge is -2.26. The Morgan fingerprint density at radius 3 is 2.68 bits per heavy atom. The summed E-state index contributed by atoms with van der Waals surface area (Å²) in [7, 11) is 0. The van der Waals surface area contributed by atoms with Crippen molar-refractivity contribution in [1.29, 1.82) is 5.26 Å². The monoisotopic (exact) mass is 256 g/mol. The standard InChI is InChI=1S/C16H20N2O/c1-11(2)15(10-17)16(19)18-14-8-7-12-5-3-4-6-13(12)9-14/h3-6,11,14-15H,7-9H2,1-2H3,(H,18,19). The largest absolute Gasteiger partial charge is 0.352 e. The zero-order valence-electron chi connectivity index (χ0n) is 11.5. The van der Waals surface area contributed by atoms with Crippen LogP contribution in [-0.2, 0) is 17.6 Å². The zero-order chi connectivity index (χ0) is 13.8. The number of rotatable bonds is 3. The number of nitrogens with zero attached hydrogens (tertiary/aromatic N) is 1. The van der Waals surface area contributed by atoms with Crippen LogP contribution in [0, 0.1) is 23.2 Å². The van der Waals surface area contributed by atoms with Crippen LogP contribution in [-0.4, -0.2) is 11.9 Å². The number of carbonyl (C=O) groups excluding carboxylic acids is 1. The van der Waals surface area contributed by atoms with E-state index >= 15 is 0 Å². The Kier molecular flexibility index (Phi) is 4.21. The molecule has 1 amide bonds. The predicted molar refractivity (Wildman–Crippen MR) is 74.3 cm³/mol. The normalized spacial score (nSPS) is 19.4. The number of amides is 1. The van der Waals surface area contributed by atoms with Gasteiger partial charge in [0.2, 0.25) is 5.91 Å². The lowest BCUT2D eigenvalue weighted by atomic mass is 9.87. The van der Waals surface area contributed by atoms with Crippen LogP contribution in [0.3, 0.4) is 0 Å². The van der Waals surface area contributed by atoms with Gasteiger partial charge in [0, 0.05) is 6.04 Å². The van der Waals surface area contributed by atoms with Crippen LogP contribution in [0.15, 0.2) is 24.3 Å². The van der Waals surface area contributed by atoms with E-state index in [0.29, 0.717) is 0 Å². The minimum absolute atomic E-state index is 0.0564. The Labute approximate surface area is 114 Å². The van der Waals surface area contributed by atoms with Crippen molar-refractivity contribution in [3.05, 3.63) is 35.4 Å². The van der Waals surface area contributed by atoms with Crippen LogP contribution in [0.4, 0.5) is 0 Å². The SMILES string of the molecule is CC(C)C(C#N)C(=O)NC1CCc2ccccc2C1. The maximum Gasteiger partial charge on any atom is 0.237 e. The molecule has 1 N–H and O–H groups in total. The van der Waals surface area contributed by atoms with E-state index in [-0.39, 0.29) is 17.9 Å². The molecule has 0 aliphatic heterocycles. The van der Waals surface area contributed by atoms with Crippen molar-refractivity contribution < 1.29 is 4.79 Å². The summed E-state index contributed by atoms with van der Waals surface area (Å²) in [6, 6.07) is 10.6. The average Bonchev–Trinajstić information content (AvgIpc) is 2.39. The smallest absolute Gasteiger partial charge is 0.237 e. The summed E-state index contributed by atoms with van der Waals surface area (Å²) < 4.78 is 0. The van der Waals surface area contributed by atoms with Crippen molar-refractivity contribution >= 4 is 5.91 Å². The van der Waals surface area contributed by atoms with Crippen LogP contribution < -0.4 is 5.32 Å². The lowest BCUT2D eigenvalue weighted by Crippen LogP contribution is -2.42. The highest BCUT2D eigenvalue weighted by molar-refractivity contribution is 5.81. The maximum absolute atomic E-state index is 12.1. The molecule has 3 heteroatoms. The molecule has 3 nitrogen and oxygen atoms in total. The summed E-state index contributed by atoms with van der Waals surface area (Å²) in [5.74, 6) is -0.611. The average molecular weight is 256 g/mol. The molecule has 1 aromatic carbocycles. The molecule has 0 radical (unpaired) electrons. The van der Waals surface area contributed by atoms with E-state index in [4.69, 9.17) is 5.26 Å². The van der Waals surface area contributed by atoms with Gasteiger partial charge in [-0.1, -0.05) is 38.1 Å². The van der Waals surface area contributed by atoms with Crippen LogP contribution in [0.5, 0.6) is 0 Å². The van der Waals surface area contributed by atoms with Crippen molar-refractivity contribution in [3.63, 3.8) is 0 Å². The quantitative estimate of drug-likeness (QED) is 0.903. The second-order valence-corrected chi connectivity index (χ2v) is 5.57. The minimum atomic E-state index is -0.544. The van der Waals surface area contributed by atoms with Crippen LogP contribution in [0.2, 0.25) is 0 Å². The van der Waals surface area contributed by atoms with Gasteiger partial charge in [-0.15, -0.1) is 0 Å². The first kappa shape index (κ1) is 13.6.